The molecule has 2 aromatic rings. The van der Waals surface area contributed by atoms with Gasteiger partial charge in [-0.05, 0) is 68.8 Å². The molecule has 1 amide bonds. The molecular formula is C29H28N2O8. The van der Waals surface area contributed by atoms with Crippen molar-refractivity contribution in [3.63, 3.8) is 0 Å². The van der Waals surface area contributed by atoms with Crippen molar-refractivity contribution < 1.29 is 39.9 Å². The average Bonchev–Trinajstić information content (AvgIpc) is 2.85. The van der Waals surface area contributed by atoms with E-state index in [1.54, 1.807) is 37.2 Å². The first kappa shape index (κ1) is 26.4. The van der Waals surface area contributed by atoms with Gasteiger partial charge >= 0.3 is 0 Å². The number of likely N-dealkylation sites (N-methyl/N-ethyl adjacent to an activating group) is 1. The first-order valence-electron chi connectivity index (χ1n) is 12.4. The molecule has 1 fully saturated rings. The molecule has 0 aliphatic heterocycles. The van der Waals surface area contributed by atoms with Crippen LogP contribution >= 0.6 is 0 Å². The smallest absolute Gasteiger partial charge is 0.230 e. The summed E-state index contributed by atoms with van der Waals surface area (Å²) in [6.07, 6.45) is -1.37. The van der Waals surface area contributed by atoms with Crippen LogP contribution in [0.5, 0.6) is 11.5 Å². The number of carbonyl (C=O) groups is 3. The third kappa shape index (κ3) is 3.89. The molecule has 0 radical (unpaired) electrons. The number of hydrogen-bond donors (Lipinski definition) is 6. The summed E-state index contributed by atoms with van der Waals surface area (Å²) in [5.74, 6) is -1.88. The lowest BCUT2D eigenvalue weighted by atomic mass is 9.56. The van der Waals surface area contributed by atoms with Gasteiger partial charge in [-0.3, -0.25) is 14.4 Å². The number of hydrogen-bond acceptors (Lipinski definition) is 9. The standard InChI is InChI=1S/C29H28N2O8/c1-31(2)23-18-12-15-11-17-14(7-6-13-4-3-5-16(32)10-13)8-9-19(33)21(17)24(34)20(15)26(36)29(18,39)27(37)22(25(23)35)28(30)38/h3-5,8-10,15,18,22-23,25,32-33,35-36,39H,11-12H2,1-2H3,(H2,30,38)/t15-,18-,22?,23-,25?,29-/m0/s1. The molecule has 2 unspecified atom stereocenters. The Morgan fingerprint density at radius 3 is 2.46 bits per heavy atom. The van der Waals surface area contributed by atoms with Gasteiger partial charge < -0.3 is 36.2 Å². The molecular weight excluding hydrogens is 504 g/mol. The number of ketones is 2. The molecule has 3 aliphatic carbocycles. The van der Waals surface area contributed by atoms with E-state index in [1.165, 1.54) is 18.2 Å². The van der Waals surface area contributed by atoms with Gasteiger partial charge in [0.2, 0.25) is 5.91 Å². The molecule has 0 saturated heterocycles. The number of allylic oxidation sites excluding steroid dienone is 1. The van der Waals surface area contributed by atoms with Crippen molar-refractivity contribution in [3.8, 4) is 23.3 Å². The summed E-state index contributed by atoms with van der Waals surface area (Å²) in [7, 11) is 3.21. The highest BCUT2D eigenvalue weighted by atomic mass is 16.4. The van der Waals surface area contributed by atoms with Gasteiger partial charge in [0.25, 0.3) is 0 Å². The van der Waals surface area contributed by atoms with Crippen LogP contribution in [-0.2, 0) is 16.0 Å². The van der Waals surface area contributed by atoms with E-state index in [-0.39, 0.29) is 35.5 Å². The van der Waals surface area contributed by atoms with Gasteiger partial charge in [-0.15, -0.1) is 0 Å². The van der Waals surface area contributed by atoms with E-state index in [0.717, 1.165) is 0 Å². The number of aromatic hydroxyl groups is 2. The maximum Gasteiger partial charge on any atom is 0.230 e. The minimum absolute atomic E-state index is 0.0211. The Labute approximate surface area is 224 Å². The minimum atomic E-state index is -2.63. The molecule has 5 rings (SSSR count). The summed E-state index contributed by atoms with van der Waals surface area (Å²) < 4.78 is 0. The Balaban J connectivity index is 1.66. The Morgan fingerprint density at radius 1 is 1.10 bits per heavy atom. The lowest BCUT2D eigenvalue weighted by Gasteiger charge is -2.53. The highest BCUT2D eigenvalue weighted by molar-refractivity contribution is 6.15. The molecule has 6 atom stereocenters. The van der Waals surface area contributed by atoms with Crippen LogP contribution in [0.2, 0.25) is 0 Å². The van der Waals surface area contributed by atoms with Gasteiger partial charge in [0, 0.05) is 28.7 Å². The number of rotatable bonds is 2. The lowest BCUT2D eigenvalue weighted by Crippen LogP contribution is -2.71. The fraction of sp³-hybridized carbons (Fsp3) is 0.345. The van der Waals surface area contributed by atoms with E-state index in [9.17, 15) is 39.9 Å². The van der Waals surface area contributed by atoms with Crippen molar-refractivity contribution in [1.29, 1.82) is 0 Å². The molecule has 3 aliphatic rings. The summed E-state index contributed by atoms with van der Waals surface area (Å²) in [4.78, 5) is 40.8. The van der Waals surface area contributed by atoms with E-state index >= 15 is 0 Å². The highest BCUT2D eigenvalue weighted by Gasteiger charge is 2.66. The third-order valence-electron chi connectivity index (χ3n) is 8.16. The zero-order chi connectivity index (χ0) is 28.4. The molecule has 39 heavy (non-hydrogen) atoms. The number of primary amides is 1. The van der Waals surface area contributed by atoms with Crippen LogP contribution in [-0.4, -0.2) is 79.7 Å². The highest BCUT2D eigenvalue weighted by Crippen LogP contribution is 2.52. The van der Waals surface area contributed by atoms with Gasteiger partial charge in [-0.1, -0.05) is 17.9 Å². The zero-order valence-corrected chi connectivity index (χ0v) is 21.3. The Hall–Kier alpha value is -4.17. The number of fused-ring (bicyclic) bond motifs is 3. The maximum atomic E-state index is 13.7. The van der Waals surface area contributed by atoms with Crippen LogP contribution in [0, 0.1) is 29.6 Å². The number of Topliss-reactive ketones (excluding diaryl/α,β-unsaturated/α-hetero) is 2. The van der Waals surface area contributed by atoms with Crippen LogP contribution in [0.4, 0.5) is 0 Å². The normalized spacial score (nSPS) is 29.7. The Morgan fingerprint density at radius 2 is 1.82 bits per heavy atom. The number of aliphatic hydroxyl groups is 3. The van der Waals surface area contributed by atoms with Crippen molar-refractivity contribution in [2.24, 2.45) is 23.5 Å². The number of aliphatic hydroxyl groups excluding tert-OH is 2. The number of phenolic OH excluding ortho intramolecular Hbond substituents is 2. The van der Waals surface area contributed by atoms with E-state index in [4.69, 9.17) is 5.73 Å². The van der Waals surface area contributed by atoms with E-state index in [1.807, 2.05) is 0 Å². The molecule has 0 spiro atoms. The fourth-order valence-electron chi connectivity index (χ4n) is 6.45. The van der Waals surface area contributed by atoms with E-state index < -0.39 is 58.7 Å². The SMILES string of the molecule is CN(C)[C@@H]1C(O)C(C(N)=O)C(=O)[C@@]2(O)C(O)=C3C(=O)c4c(O)ccc(C#Cc5cccc(O)c5)c4C[C@H]3C[C@@H]12. The van der Waals surface area contributed by atoms with Crippen molar-refractivity contribution in [2.75, 3.05) is 14.1 Å². The van der Waals surface area contributed by atoms with Crippen LogP contribution in [0.1, 0.15) is 33.5 Å². The quantitative estimate of drug-likeness (QED) is 0.235. The second-order valence-electron chi connectivity index (χ2n) is 10.6. The van der Waals surface area contributed by atoms with Crippen LogP contribution in [0.3, 0.4) is 0 Å². The fourth-order valence-corrected chi connectivity index (χ4v) is 6.45. The number of amides is 1. The van der Waals surface area contributed by atoms with Crippen molar-refractivity contribution >= 4 is 17.5 Å². The van der Waals surface area contributed by atoms with Gasteiger partial charge in [0.15, 0.2) is 17.2 Å². The molecule has 202 valence electrons. The second-order valence-corrected chi connectivity index (χ2v) is 10.6. The van der Waals surface area contributed by atoms with E-state index in [0.29, 0.717) is 16.7 Å². The Bertz CT molecular complexity index is 1520. The first-order valence-corrected chi connectivity index (χ1v) is 12.4. The molecule has 0 aromatic heterocycles. The monoisotopic (exact) mass is 532 g/mol. The molecule has 2 aromatic carbocycles. The number of nitrogens with zero attached hydrogens (tertiary/aromatic N) is 1. The number of phenols is 2. The summed E-state index contributed by atoms with van der Waals surface area (Å²) in [5.41, 5.74) is 3.88. The predicted octanol–water partition coefficient (Wildman–Crippen LogP) is 0.391. The van der Waals surface area contributed by atoms with Gasteiger partial charge in [-0.25, -0.2) is 0 Å². The predicted molar refractivity (Wildman–Crippen MR) is 138 cm³/mol. The molecule has 0 heterocycles. The summed E-state index contributed by atoms with van der Waals surface area (Å²) in [6.45, 7) is 0. The molecule has 0 bridgehead atoms. The van der Waals surface area contributed by atoms with Gasteiger partial charge in [0.1, 0.15) is 23.2 Å². The van der Waals surface area contributed by atoms with Crippen LogP contribution in [0.25, 0.3) is 0 Å². The maximum absolute atomic E-state index is 13.7. The molecule has 1 saturated carbocycles. The molecule has 10 nitrogen and oxygen atoms in total. The molecule has 7 N–H and O–H groups in total. The van der Waals surface area contributed by atoms with Crippen LogP contribution < -0.4 is 5.73 Å². The van der Waals surface area contributed by atoms with Crippen molar-refractivity contribution in [2.45, 2.75) is 30.6 Å². The van der Waals surface area contributed by atoms with Crippen molar-refractivity contribution in [1.82, 2.24) is 4.90 Å². The molecule has 10 heteroatoms. The average molecular weight is 533 g/mol. The van der Waals surface area contributed by atoms with Crippen LogP contribution in [0.15, 0.2) is 47.7 Å². The summed E-state index contributed by atoms with van der Waals surface area (Å²) in [5, 5.41) is 54.3. The number of carbonyl (C=O) groups excluding carboxylic acids is 3. The first-order chi connectivity index (χ1) is 18.4. The second kappa shape index (κ2) is 9.24. The topological polar surface area (TPSA) is 182 Å². The van der Waals surface area contributed by atoms with E-state index in [2.05, 4.69) is 11.8 Å². The lowest BCUT2D eigenvalue weighted by molar-refractivity contribution is -0.178. The summed E-state index contributed by atoms with van der Waals surface area (Å²) >= 11 is 0. The van der Waals surface area contributed by atoms with Gasteiger partial charge in [0.05, 0.1) is 11.7 Å². The Kier molecular flexibility index (Phi) is 6.26. The summed E-state index contributed by atoms with van der Waals surface area (Å²) in [6, 6.07) is 8.27. The number of benzene rings is 2. The van der Waals surface area contributed by atoms with Gasteiger partial charge in [-0.2, -0.15) is 0 Å². The van der Waals surface area contributed by atoms with Crippen molar-refractivity contribution in [3.05, 3.63) is 70.0 Å². The largest absolute Gasteiger partial charge is 0.508 e. The number of nitrogens with two attached hydrogens (primary N) is 1. The minimum Gasteiger partial charge on any atom is -0.508 e. The third-order valence-corrected chi connectivity index (χ3v) is 8.16. The zero-order valence-electron chi connectivity index (χ0n) is 21.3.